The molecule has 13 aromatic carbocycles. The quantitative estimate of drug-likeness (QED) is 0.0782. The minimum atomic E-state index is -4.88. The van der Waals surface area contributed by atoms with Crippen LogP contribution in [0.4, 0.5) is 0 Å². The number of phenols is 3. The number of aromatic hydroxyl groups is 3. The fraction of sp³-hybridized carbons (Fsp3) is 0. The largest absolute Gasteiger partial charge is 0.508 e. The van der Waals surface area contributed by atoms with E-state index in [1.165, 1.54) is 60.7 Å². The maximum atomic E-state index is 10.8. The van der Waals surface area contributed by atoms with Crippen molar-refractivity contribution in [2.45, 2.75) is 0 Å². The molecule has 15 nitrogen and oxygen atoms in total. The third-order valence-electron chi connectivity index (χ3n) is 13.9. The van der Waals surface area contributed by atoms with Crippen molar-refractivity contribution in [1.29, 1.82) is 0 Å². The molecule has 1 aliphatic rings. The first-order chi connectivity index (χ1) is 42.6. The van der Waals surface area contributed by atoms with Gasteiger partial charge >= 0.3 is 30.6 Å². The molecule has 428 valence electrons. The lowest BCUT2D eigenvalue weighted by molar-refractivity contribution is 0.443. The van der Waals surface area contributed by atoms with Gasteiger partial charge in [-0.1, -0.05) is 200 Å². The van der Waals surface area contributed by atoms with Gasteiger partial charge in [0.05, 0.1) is 0 Å². The lowest BCUT2D eigenvalue weighted by Gasteiger charge is -2.33. The third-order valence-corrected chi connectivity index (χ3v) is 24.7. The van der Waals surface area contributed by atoms with Gasteiger partial charge in [-0.3, -0.25) is 0 Å². The number of nitrogens with zero attached hydrogens (tertiary/aromatic N) is 4. The van der Waals surface area contributed by atoms with Gasteiger partial charge in [0, 0.05) is 26.9 Å². The summed E-state index contributed by atoms with van der Waals surface area (Å²) in [6.45, 7) is 0. The predicted octanol–water partition coefficient (Wildman–Crippen LogP) is 21.3. The molecule has 0 bridgehead atoms. The van der Waals surface area contributed by atoms with Gasteiger partial charge in [-0.25, -0.2) is 0 Å². The van der Waals surface area contributed by atoms with Crippen LogP contribution < -0.4 is 36.2 Å². The highest BCUT2D eigenvalue weighted by molar-refractivity contribution is 7.79. The summed E-state index contributed by atoms with van der Waals surface area (Å²) in [6.07, 6.45) is 0. The van der Waals surface area contributed by atoms with Crippen LogP contribution in [0.15, 0.2) is 303 Å². The zero-order valence-corrected chi connectivity index (χ0v) is 49.4. The van der Waals surface area contributed by atoms with E-state index in [1.54, 1.807) is 42.5 Å². The molecule has 13 aromatic rings. The molecule has 0 aromatic heterocycles. The summed E-state index contributed by atoms with van der Waals surface area (Å²) in [7, 11) is -19.5. The molecule has 0 radical (unpaired) electrons. The Kier molecular flexibility index (Phi) is 14.5. The minimum Gasteiger partial charge on any atom is -0.508 e. The van der Waals surface area contributed by atoms with Crippen LogP contribution in [0.1, 0.15) is 0 Å². The molecular weight excluding hydrogens is 1170 g/mol. The highest BCUT2D eigenvalue weighted by atomic mass is 31.3. The molecule has 14 rings (SSSR count). The van der Waals surface area contributed by atoms with E-state index in [2.05, 4.69) is 0 Å². The van der Waals surface area contributed by atoms with Crippen LogP contribution in [0.25, 0.3) is 53.9 Å². The Morgan fingerprint density at radius 3 is 0.609 bits per heavy atom. The molecule has 1 atom stereocenters. The molecule has 3 N–H and O–H groups in total. The van der Waals surface area contributed by atoms with Gasteiger partial charge in [0.1, 0.15) is 63.2 Å². The monoisotopic (exact) mass is 1220 g/mol. The molecule has 0 spiro atoms. The summed E-state index contributed by atoms with van der Waals surface area (Å²) in [4.78, 5) is 0. The zero-order chi connectivity index (χ0) is 58.8. The van der Waals surface area contributed by atoms with Crippen LogP contribution >= 0.6 is 30.6 Å². The van der Waals surface area contributed by atoms with E-state index >= 15 is 0 Å². The number of rotatable bonds is 16. The molecule has 0 saturated carbocycles. The molecular formula is C68H50N4O11P4. The molecule has 0 amide bonds. The predicted molar refractivity (Wildman–Crippen MR) is 346 cm³/mol. The summed E-state index contributed by atoms with van der Waals surface area (Å²) in [5, 5.41) is 39.9. The molecule has 1 unspecified atom stereocenters. The summed E-state index contributed by atoms with van der Waals surface area (Å²) in [5.41, 5.74) is 0. The standard InChI is InChI=1S/C68H50N4O11P4/c73-53-36-42-56(43-37-53)76-84(77-57-44-38-54(74)39-45-57)69-85(78-58-46-40-55(75)41-47-58,79-64-31-11-21-48-16-1-6-26-59(48)64)71-87(82-67-34-14-24-51-19-4-9-29-62(51)67,83-68-35-15-25-52-20-5-10-30-63(52)68)72-86(70-84,80-65-32-12-22-49-17-2-7-27-60(49)65)81-66-33-13-23-50-18-3-8-28-61(50)66/h1-47,73-75H. The van der Waals surface area contributed by atoms with Crippen LogP contribution in [0.5, 0.6) is 63.2 Å². The first-order valence-corrected chi connectivity index (χ1v) is 33.6. The van der Waals surface area contributed by atoms with Gasteiger partial charge in [-0.05, 0) is 130 Å². The Morgan fingerprint density at radius 2 is 0.379 bits per heavy atom. The van der Waals surface area contributed by atoms with Gasteiger partial charge in [-0.15, -0.1) is 0 Å². The number of hydrogen-bond acceptors (Lipinski definition) is 15. The van der Waals surface area contributed by atoms with Crippen molar-refractivity contribution in [2.24, 2.45) is 18.1 Å². The summed E-state index contributed by atoms with van der Waals surface area (Å²) >= 11 is 0. The Hall–Kier alpha value is -10.1. The number of phenolic OH excluding ortho intramolecular Hbond substituents is 3. The molecule has 0 saturated heterocycles. The Morgan fingerprint density at radius 1 is 0.195 bits per heavy atom. The Balaban J connectivity index is 1.21. The van der Waals surface area contributed by atoms with E-state index in [-0.39, 0.29) is 63.2 Å². The van der Waals surface area contributed by atoms with Gasteiger partial charge in [0.15, 0.2) is 0 Å². The molecule has 87 heavy (non-hydrogen) atoms. The average molecular weight is 1220 g/mol. The maximum absolute atomic E-state index is 10.8. The molecule has 0 fully saturated rings. The van der Waals surface area contributed by atoms with Gasteiger partial charge in [0.2, 0.25) is 0 Å². The van der Waals surface area contributed by atoms with Crippen molar-refractivity contribution in [3.8, 4) is 63.2 Å². The molecule has 0 aliphatic carbocycles. The Labute approximate surface area is 499 Å². The zero-order valence-electron chi connectivity index (χ0n) is 45.8. The minimum absolute atomic E-state index is 0.0550. The lowest BCUT2D eigenvalue weighted by atomic mass is 10.1. The highest BCUT2D eigenvalue weighted by Crippen LogP contribution is 2.80. The number of benzene rings is 13. The number of fused-ring (bicyclic) bond motifs is 5. The normalized spacial score (nSPS) is 15.7. The lowest BCUT2D eigenvalue weighted by Crippen LogP contribution is -2.11. The van der Waals surface area contributed by atoms with E-state index in [1.807, 2.05) is 182 Å². The fourth-order valence-electron chi connectivity index (χ4n) is 9.96. The van der Waals surface area contributed by atoms with E-state index in [4.69, 9.17) is 54.3 Å². The first kappa shape index (κ1) is 54.8. The second-order valence-electron chi connectivity index (χ2n) is 19.9. The van der Waals surface area contributed by atoms with Crippen LogP contribution in [0.2, 0.25) is 0 Å². The third kappa shape index (κ3) is 11.6. The second kappa shape index (κ2) is 23.0. The van der Waals surface area contributed by atoms with Crippen molar-refractivity contribution in [1.82, 2.24) is 0 Å². The second-order valence-corrected chi connectivity index (χ2v) is 28.2. The van der Waals surface area contributed by atoms with Gasteiger partial charge < -0.3 is 51.5 Å². The number of hydrogen-bond donors (Lipinski definition) is 3. The maximum Gasteiger partial charge on any atom is 0.460 e. The van der Waals surface area contributed by atoms with E-state index in [9.17, 15) is 15.3 Å². The summed E-state index contributed by atoms with van der Waals surface area (Å²) in [6, 6.07) is 84.5. The van der Waals surface area contributed by atoms with Crippen molar-refractivity contribution >= 4 is 84.5 Å². The fourth-order valence-corrected chi connectivity index (χ4v) is 22.1. The van der Waals surface area contributed by atoms with Crippen LogP contribution in [0, 0.1) is 0 Å². The van der Waals surface area contributed by atoms with E-state index in [0.717, 1.165) is 26.9 Å². The molecule has 1 heterocycles. The van der Waals surface area contributed by atoms with Crippen molar-refractivity contribution in [3.05, 3.63) is 285 Å². The van der Waals surface area contributed by atoms with Crippen molar-refractivity contribution < 1.29 is 51.5 Å². The van der Waals surface area contributed by atoms with E-state index < -0.39 is 30.6 Å². The highest BCUT2D eigenvalue weighted by Gasteiger charge is 2.50. The van der Waals surface area contributed by atoms with Crippen LogP contribution in [-0.4, -0.2) is 15.3 Å². The smallest absolute Gasteiger partial charge is 0.460 e. The average Bonchev–Trinajstić information content (AvgIpc) is 1.64. The SMILES string of the molecule is Oc1ccc(OP2(Oc3ccc(O)cc3)=NP(Oc3ccc(O)cc3)(Oc3cccc4ccccc34)=NP(Oc3cccc4ccccc34)(Oc3cccc4ccccc34)=NP(Oc3cccc4ccccc34)(Oc3cccc4ccccc34)=N2)cc1. The first-order valence-electron chi connectivity index (χ1n) is 27.4. The van der Waals surface area contributed by atoms with Gasteiger partial charge in [-0.2, -0.15) is 0 Å². The van der Waals surface area contributed by atoms with Crippen molar-refractivity contribution in [3.63, 3.8) is 0 Å². The van der Waals surface area contributed by atoms with Crippen molar-refractivity contribution in [2.75, 3.05) is 0 Å². The van der Waals surface area contributed by atoms with Crippen LogP contribution in [0.3, 0.4) is 0 Å². The topological polar surface area (TPSA) is 184 Å². The Bertz CT molecular complexity index is 4760. The summed E-state index contributed by atoms with van der Waals surface area (Å²) in [5.74, 6) is 1.56. The van der Waals surface area contributed by atoms with E-state index in [0.29, 0.717) is 26.9 Å². The van der Waals surface area contributed by atoms with Crippen LogP contribution in [-0.2, 0) is 0 Å². The molecule has 1 aliphatic heterocycles. The summed E-state index contributed by atoms with van der Waals surface area (Å²) < 4.78 is 83.8. The van der Waals surface area contributed by atoms with Gasteiger partial charge in [0.25, 0.3) is 0 Å². The molecule has 19 heteroatoms.